The molecule has 1 amide bonds. The summed E-state index contributed by atoms with van der Waals surface area (Å²) in [4.78, 5) is 13.8. The lowest BCUT2D eigenvalue weighted by atomic mass is 9.99. The molecule has 32 heavy (non-hydrogen) atoms. The molecule has 0 saturated carbocycles. The Hall–Kier alpha value is -3.44. The van der Waals surface area contributed by atoms with Gasteiger partial charge >= 0.3 is 0 Å². The molecule has 0 atom stereocenters. The molecule has 162 valence electrons. The molecular weight excluding hydrogens is 418 g/mol. The molecule has 3 aromatic carbocycles. The average Bonchev–Trinajstić information content (AvgIpc) is 3.22. The number of carbonyl (C=O) groups excluding carboxylic acids is 1. The fraction of sp³-hybridized carbons (Fsp3) is 0.148. The van der Waals surface area contributed by atoms with Gasteiger partial charge in [0, 0.05) is 39.2 Å². The second-order valence-electron chi connectivity index (χ2n) is 7.34. The van der Waals surface area contributed by atoms with Crippen molar-refractivity contribution in [2.24, 2.45) is 0 Å². The Kier molecular flexibility index (Phi) is 6.66. The van der Waals surface area contributed by atoms with Gasteiger partial charge in [-0.3, -0.25) is 4.79 Å². The van der Waals surface area contributed by atoms with Crippen LogP contribution in [0.5, 0.6) is 5.75 Å². The average molecular weight is 444 g/mol. The predicted octanol–water partition coefficient (Wildman–Crippen LogP) is 7.26. The second-order valence-corrected chi connectivity index (χ2v) is 8.22. The molecule has 1 aromatic heterocycles. The first-order chi connectivity index (χ1) is 15.6. The topological polar surface area (TPSA) is 51.5 Å². The fourth-order valence-corrected chi connectivity index (χ4v) is 4.09. The van der Waals surface area contributed by atoms with Crippen molar-refractivity contribution in [3.63, 3.8) is 0 Å². The Morgan fingerprint density at radius 1 is 1.09 bits per heavy atom. The zero-order valence-corrected chi connectivity index (χ0v) is 19.2. The summed E-state index contributed by atoms with van der Waals surface area (Å²) in [5, 5.41) is 3.93. The number of carbonyl (C=O) groups is 1. The van der Waals surface area contributed by atoms with Crippen LogP contribution in [-0.2, 0) is 4.79 Å². The van der Waals surface area contributed by atoms with E-state index in [1.807, 2.05) is 74.7 Å². The summed E-state index contributed by atoms with van der Waals surface area (Å²) in [6.07, 6.45) is 5.39. The highest BCUT2D eigenvalue weighted by Gasteiger charge is 2.15. The van der Waals surface area contributed by atoms with E-state index in [2.05, 4.69) is 17.4 Å². The van der Waals surface area contributed by atoms with E-state index in [0.29, 0.717) is 12.4 Å². The van der Waals surface area contributed by atoms with Gasteiger partial charge in [0.1, 0.15) is 11.3 Å². The van der Waals surface area contributed by atoms with Crippen molar-refractivity contribution in [3.05, 3.63) is 84.6 Å². The van der Waals surface area contributed by atoms with Gasteiger partial charge in [-0.05, 0) is 55.5 Å². The number of nitrogens with one attached hydrogen (secondary N) is 1. The third-order valence-electron chi connectivity index (χ3n) is 5.17. The van der Waals surface area contributed by atoms with Gasteiger partial charge in [0.25, 0.3) is 0 Å². The number of furan rings is 1. The summed E-state index contributed by atoms with van der Waals surface area (Å²) < 4.78 is 11.7. The number of anilines is 1. The van der Waals surface area contributed by atoms with E-state index in [1.165, 1.54) is 0 Å². The number of hydrogen-bond donors (Lipinski definition) is 1. The Morgan fingerprint density at radius 2 is 1.91 bits per heavy atom. The summed E-state index contributed by atoms with van der Waals surface area (Å²) in [6.45, 7) is 4.38. The summed E-state index contributed by atoms with van der Waals surface area (Å²) in [6, 6.07) is 21.8. The molecule has 0 aliphatic carbocycles. The van der Waals surface area contributed by atoms with Gasteiger partial charge in [-0.2, -0.15) is 0 Å². The molecule has 1 heterocycles. The minimum absolute atomic E-state index is 0.182. The van der Waals surface area contributed by atoms with Gasteiger partial charge in [-0.25, -0.2) is 0 Å². The molecule has 0 unspecified atom stereocenters. The molecular formula is C27H25NO3S. The van der Waals surface area contributed by atoms with Crippen molar-refractivity contribution >= 4 is 39.9 Å². The molecule has 0 aliphatic rings. The number of ether oxygens (including phenoxy) is 1. The maximum Gasteiger partial charge on any atom is 0.248 e. The molecule has 4 nitrogen and oxygen atoms in total. The molecule has 1 N–H and O–H groups in total. The van der Waals surface area contributed by atoms with Gasteiger partial charge in [-0.15, -0.1) is 11.8 Å². The molecule has 4 rings (SSSR count). The standard InChI is InChI=1S/C27H25NO3S/c1-4-30-25-16-26-23(24(17-31-26)19-9-6-5-7-10-19)15-22(25)18(2)13-27(29)28-20-11-8-12-21(14-20)32-3/h5-17H,4H2,1-3H3,(H,28,29)/b18-13+. The van der Waals surface area contributed by atoms with Crippen LogP contribution in [0.2, 0.25) is 0 Å². The highest BCUT2D eigenvalue weighted by molar-refractivity contribution is 7.98. The normalized spacial score (nSPS) is 11.5. The molecule has 0 saturated heterocycles. The smallest absolute Gasteiger partial charge is 0.248 e. The summed E-state index contributed by atoms with van der Waals surface area (Å²) >= 11 is 1.64. The number of hydrogen-bond acceptors (Lipinski definition) is 4. The molecule has 4 aromatic rings. The van der Waals surface area contributed by atoms with Crippen LogP contribution in [0.25, 0.3) is 27.7 Å². The molecule has 0 aliphatic heterocycles. The first-order valence-electron chi connectivity index (χ1n) is 10.5. The highest BCUT2D eigenvalue weighted by Crippen LogP contribution is 2.37. The lowest BCUT2D eigenvalue weighted by molar-refractivity contribution is -0.111. The number of allylic oxidation sites excluding steroid dienone is 1. The van der Waals surface area contributed by atoms with Gasteiger partial charge in [0.15, 0.2) is 0 Å². The van der Waals surface area contributed by atoms with E-state index in [0.717, 1.165) is 43.8 Å². The van der Waals surface area contributed by atoms with E-state index in [9.17, 15) is 4.79 Å². The van der Waals surface area contributed by atoms with Crippen LogP contribution in [0.4, 0.5) is 5.69 Å². The van der Waals surface area contributed by atoms with E-state index < -0.39 is 0 Å². The number of benzene rings is 3. The van der Waals surface area contributed by atoms with Crippen LogP contribution in [0.15, 0.2) is 88.4 Å². The monoisotopic (exact) mass is 443 g/mol. The van der Waals surface area contributed by atoms with Crippen molar-refractivity contribution in [3.8, 4) is 16.9 Å². The van der Waals surface area contributed by atoms with Crippen LogP contribution in [0.1, 0.15) is 19.4 Å². The Balaban J connectivity index is 1.70. The number of amides is 1. The first kappa shape index (κ1) is 21.8. The zero-order chi connectivity index (χ0) is 22.5. The molecule has 0 bridgehead atoms. The molecule has 0 fully saturated rings. The predicted molar refractivity (Wildman–Crippen MR) is 133 cm³/mol. The van der Waals surface area contributed by atoms with E-state index in [-0.39, 0.29) is 5.91 Å². The van der Waals surface area contributed by atoms with Gasteiger partial charge in [0.2, 0.25) is 5.91 Å². The minimum atomic E-state index is -0.182. The largest absolute Gasteiger partial charge is 0.493 e. The van der Waals surface area contributed by atoms with E-state index in [4.69, 9.17) is 9.15 Å². The number of thioether (sulfide) groups is 1. The summed E-state index contributed by atoms with van der Waals surface area (Å²) in [7, 11) is 0. The van der Waals surface area contributed by atoms with Crippen LogP contribution in [0.3, 0.4) is 0 Å². The maximum atomic E-state index is 12.7. The third-order valence-corrected chi connectivity index (χ3v) is 5.90. The fourth-order valence-electron chi connectivity index (χ4n) is 3.63. The first-order valence-corrected chi connectivity index (χ1v) is 11.7. The Morgan fingerprint density at radius 3 is 2.66 bits per heavy atom. The molecule has 5 heteroatoms. The Labute approximate surface area is 192 Å². The van der Waals surface area contributed by atoms with Crippen molar-refractivity contribution in [1.82, 2.24) is 0 Å². The number of fused-ring (bicyclic) bond motifs is 1. The molecule has 0 spiro atoms. The zero-order valence-electron chi connectivity index (χ0n) is 18.3. The highest BCUT2D eigenvalue weighted by atomic mass is 32.2. The Bertz CT molecular complexity index is 1270. The maximum absolute atomic E-state index is 12.7. The molecule has 0 radical (unpaired) electrons. The SMILES string of the molecule is CCOc1cc2occ(-c3ccccc3)c2cc1/C(C)=C/C(=O)Nc1cccc(SC)c1. The van der Waals surface area contributed by atoms with Gasteiger partial charge in [-0.1, -0.05) is 36.4 Å². The van der Waals surface area contributed by atoms with Crippen molar-refractivity contribution in [2.75, 3.05) is 18.2 Å². The van der Waals surface area contributed by atoms with Gasteiger partial charge < -0.3 is 14.5 Å². The van der Waals surface area contributed by atoms with E-state index >= 15 is 0 Å². The van der Waals surface area contributed by atoms with Crippen LogP contribution < -0.4 is 10.1 Å². The third kappa shape index (κ3) is 4.73. The number of rotatable bonds is 7. The minimum Gasteiger partial charge on any atom is -0.493 e. The lowest BCUT2D eigenvalue weighted by Crippen LogP contribution is -2.08. The van der Waals surface area contributed by atoms with Crippen LogP contribution in [0, 0.1) is 0 Å². The second kappa shape index (κ2) is 9.79. The summed E-state index contributed by atoms with van der Waals surface area (Å²) in [5.41, 5.74) is 5.29. The van der Waals surface area contributed by atoms with Crippen LogP contribution >= 0.6 is 11.8 Å². The van der Waals surface area contributed by atoms with E-state index in [1.54, 1.807) is 24.1 Å². The van der Waals surface area contributed by atoms with Crippen molar-refractivity contribution < 1.29 is 13.9 Å². The van der Waals surface area contributed by atoms with Crippen molar-refractivity contribution in [2.45, 2.75) is 18.7 Å². The summed E-state index contributed by atoms with van der Waals surface area (Å²) in [5.74, 6) is 0.513. The lowest BCUT2D eigenvalue weighted by Gasteiger charge is -2.12. The van der Waals surface area contributed by atoms with Gasteiger partial charge in [0.05, 0.1) is 12.9 Å². The van der Waals surface area contributed by atoms with Crippen LogP contribution in [-0.4, -0.2) is 18.8 Å². The quantitative estimate of drug-likeness (QED) is 0.241. The van der Waals surface area contributed by atoms with Crippen molar-refractivity contribution in [1.29, 1.82) is 0 Å².